The number of ether oxygens (including phenoxy) is 2. The smallest absolute Gasteiger partial charge is 0.411 e. The minimum absolute atomic E-state index is 0. The van der Waals surface area contributed by atoms with Crippen LogP contribution in [0.3, 0.4) is 0 Å². The summed E-state index contributed by atoms with van der Waals surface area (Å²) in [6.07, 6.45) is -0.445. The number of aryl methyl sites for hydroxylation is 1. The molecule has 30 heavy (non-hydrogen) atoms. The van der Waals surface area contributed by atoms with Gasteiger partial charge in [-0.3, -0.25) is 10.3 Å². The van der Waals surface area contributed by atoms with Crippen molar-refractivity contribution in [2.45, 2.75) is 19.6 Å². The Balaban J connectivity index is 0.00000320. The Morgan fingerprint density at radius 1 is 1.23 bits per heavy atom. The summed E-state index contributed by atoms with van der Waals surface area (Å²) in [6, 6.07) is 16.0. The molecular formula is C22H29IN4O3. The summed E-state index contributed by atoms with van der Waals surface area (Å²) >= 11 is 0. The molecular weight excluding hydrogens is 495 g/mol. The van der Waals surface area contributed by atoms with Gasteiger partial charge in [0, 0.05) is 25.8 Å². The minimum Gasteiger partial charge on any atom is -0.453 e. The van der Waals surface area contributed by atoms with Gasteiger partial charge < -0.3 is 19.7 Å². The number of methoxy groups -OCH3 is 1. The van der Waals surface area contributed by atoms with Crippen LogP contribution >= 0.6 is 24.0 Å². The van der Waals surface area contributed by atoms with Crippen LogP contribution in [-0.2, 0) is 16.0 Å². The Morgan fingerprint density at radius 3 is 2.63 bits per heavy atom. The third kappa shape index (κ3) is 6.33. The van der Waals surface area contributed by atoms with Gasteiger partial charge in [-0.25, -0.2) is 4.79 Å². The van der Waals surface area contributed by atoms with Crippen molar-refractivity contribution in [2.24, 2.45) is 4.99 Å². The first-order chi connectivity index (χ1) is 14.1. The Hall–Kier alpha value is -2.33. The van der Waals surface area contributed by atoms with Crippen molar-refractivity contribution >= 4 is 41.7 Å². The highest BCUT2D eigenvalue weighted by Crippen LogP contribution is 2.25. The second kappa shape index (κ2) is 11.8. The maximum absolute atomic E-state index is 11.3. The maximum Gasteiger partial charge on any atom is 0.411 e. The molecule has 3 rings (SSSR count). The van der Waals surface area contributed by atoms with Gasteiger partial charge in [-0.2, -0.15) is 0 Å². The first-order valence-corrected chi connectivity index (χ1v) is 9.67. The molecule has 1 unspecified atom stereocenters. The Kier molecular flexibility index (Phi) is 9.38. The molecule has 1 aliphatic heterocycles. The third-order valence-corrected chi connectivity index (χ3v) is 4.95. The number of rotatable bonds is 4. The SMILES string of the molecule is CN=C(NCc1ccc(NC(=O)OC)cc1)N1CCOC(c2ccccc2C)C1.I. The number of guanidine groups is 1. The second-order valence-electron chi connectivity index (χ2n) is 6.88. The van der Waals surface area contributed by atoms with Gasteiger partial charge in [-0.05, 0) is 35.7 Å². The highest BCUT2D eigenvalue weighted by Gasteiger charge is 2.25. The van der Waals surface area contributed by atoms with E-state index in [0.717, 1.165) is 24.6 Å². The molecule has 0 bridgehead atoms. The van der Waals surface area contributed by atoms with Crippen molar-refractivity contribution < 1.29 is 14.3 Å². The normalized spacial score (nSPS) is 16.4. The van der Waals surface area contributed by atoms with E-state index in [0.29, 0.717) is 18.8 Å². The number of carbonyl (C=O) groups is 1. The van der Waals surface area contributed by atoms with Gasteiger partial charge in [0.1, 0.15) is 6.10 Å². The molecule has 1 heterocycles. The van der Waals surface area contributed by atoms with E-state index in [4.69, 9.17) is 4.74 Å². The number of anilines is 1. The zero-order valence-electron chi connectivity index (χ0n) is 17.6. The minimum atomic E-state index is -0.480. The van der Waals surface area contributed by atoms with Crippen LogP contribution in [0.15, 0.2) is 53.5 Å². The molecule has 8 heteroatoms. The first-order valence-electron chi connectivity index (χ1n) is 9.67. The molecule has 2 aromatic carbocycles. The summed E-state index contributed by atoms with van der Waals surface area (Å²) in [5.74, 6) is 0.851. The quantitative estimate of drug-likeness (QED) is 0.360. The molecule has 7 nitrogen and oxygen atoms in total. The van der Waals surface area contributed by atoms with Crippen LogP contribution in [0.1, 0.15) is 22.8 Å². The molecule has 1 fully saturated rings. The van der Waals surface area contributed by atoms with E-state index in [2.05, 4.69) is 50.4 Å². The summed E-state index contributed by atoms with van der Waals surface area (Å²) in [5.41, 5.74) is 4.24. The van der Waals surface area contributed by atoms with Crippen LogP contribution in [-0.4, -0.2) is 50.8 Å². The number of carbonyl (C=O) groups excluding carboxylic acids is 1. The molecule has 2 N–H and O–H groups in total. The molecule has 162 valence electrons. The lowest BCUT2D eigenvalue weighted by Gasteiger charge is -2.35. The number of halogens is 1. The number of benzene rings is 2. The van der Waals surface area contributed by atoms with Crippen LogP contribution in [0.25, 0.3) is 0 Å². The second-order valence-corrected chi connectivity index (χ2v) is 6.88. The highest BCUT2D eigenvalue weighted by atomic mass is 127. The van der Waals surface area contributed by atoms with Crippen LogP contribution in [0.4, 0.5) is 10.5 Å². The number of hydrogen-bond donors (Lipinski definition) is 2. The van der Waals surface area contributed by atoms with Crippen molar-refractivity contribution in [1.29, 1.82) is 0 Å². The maximum atomic E-state index is 11.3. The fourth-order valence-corrected chi connectivity index (χ4v) is 3.37. The summed E-state index contributed by atoms with van der Waals surface area (Å²) in [6.45, 7) is 4.96. The lowest BCUT2D eigenvalue weighted by molar-refractivity contribution is -0.00833. The third-order valence-electron chi connectivity index (χ3n) is 4.95. The molecule has 1 aliphatic rings. The summed E-state index contributed by atoms with van der Waals surface area (Å²) in [4.78, 5) is 17.9. The Labute approximate surface area is 194 Å². The lowest BCUT2D eigenvalue weighted by atomic mass is 10.0. The molecule has 0 aliphatic carbocycles. The van der Waals surface area contributed by atoms with E-state index in [-0.39, 0.29) is 30.1 Å². The van der Waals surface area contributed by atoms with Crippen molar-refractivity contribution in [1.82, 2.24) is 10.2 Å². The summed E-state index contributed by atoms with van der Waals surface area (Å²) in [5, 5.41) is 6.07. The van der Waals surface area contributed by atoms with E-state index in [1.54, 1.807) is 7.05 Å². The Bertz CT molecular complexity index is 858. The average molecular weight is 524 g/mol. The lowest BCUT2D eigenvalue weighted by Crippen LogP contribution is -2.48. The Morgan fingerprint density at radius 2 is 1.97 bits per heavy atom. The summed E-state index contributed by atoms with van der Waals surface area (Å²) < 4.78 is 10.6. The van der Waals surface area contributed by atoms with Gasteiger partial charge >= 0.3 is 6.09 Å². The molecule has 0 spiro atoms. The summed E-state index contributed by atoms with van der Waals surface area (Å²) in [7, 11) is 3.14. The van der Waals surface area contributed by atoms with E-state index < -0.39 is 6.09 Å². The predicted molar refractivity (Wildman–Crippen MR) is 130 cm³/mol. The first kappa shape index (κ1) is 23.9. The zero-order chi connectivity index (χ0) is 20.6. The van der Waals surface area contributed by atoms with Crippen molar-refractivity contribution in [3.8, 4) is 0 Å². The molecule has 1 amide bonds. The van der Waals surface area contributed by atoms with Gasteiger partial charge in [0.2, 0.25) is 0 Å². The van der Waals surface area contributed by atoms with Gasteiger partial charge in [0.05, 0.1) is 20.3 Å². The van der Waals surface area contributed by atoms with Crippen molar-refractivity contribution in [3.05, 3.63) is 65.2 Å². The number of amides is 1. The average Bonchev–Trinajstić information content (AvgIpc) is 2.76. The zero-order valence-corrected chi connectivity index (χ0v) is 19.9. The molecule has 1 saturated heterocycles. The molecule has 0 radical (unpaired) electrons. The fourth-order valence-electron chi connectivity index (χ4n) is 3.37. The molecule has 0 saturated carbocycles. The van der Waals surface area contributed by atoms with Crippen molar-refractivity contribution in [3.63, 3.8) is 0 Å². The highest BCUT2D eigenvalue weighted by molar-refractivity contribution is 14.0. The van der Waals surface area contributed by atoms with Gasteiger partial charge in [0.25, 0.3) is 0 Å². The predicted octanol–water partition coefficient (Wildman–Crippen LogP) is 3.94. The number of nitrogens with one attached hydrogen (secondary N) is 2. The van der Waals surface area contributed by atoms with E-state index in [1.165, 1.54) is 18.2 Å². The standard InChI is InChI=1S/C22H28N4O3.HI/c1-16-6-4-5-7-19(16)20-15-26(12-13-29-20)21(23-2)24-14-17-8-10-18(11-9-17)25-22(27)28-3;/h4-11,20H,12-15H2,1-3H3,(H,23,24)(H,25,27);1H. The molecule has 2 aromatic rings. The van der Waals surface area contributed by atoms with E-state index in [9.17, 15) is 4.79 Å². The van der Waals surface area contributed by atoms with Gasteiger partial charge in [-0.15, -0.1) is 24.0 Å². The van der Waals surface area contributed by atoms with Crippen LogP contribution in [0.5, 0.6) is 0 Å². The van der Waals surface area contributed by atoms with Gasteiger partial charge in [0.15, 0.2) is 5.96 Å². The number of aliphatic imine (C=N–C) groups is 1. The van der Waals surface area contributed by atoms with Gasteiger partial charge in [-0.1, -0.05) is 36.4 Å². The number of morpholine rings is 1. The van der Waals surface area contributed by atoms with E-state index >= 15 is 0 Å². The van der Waals surface area contributed by atoms with Crippen molar-refractivity contribution in [2.75, 3.05) is 39.2 Å². The van der Waals surface area contributed by atoms with E-state index in [1.807, 2.05) is 30.3 Å². The molecule has 1 atom stereocenters. The largest absolute Gasteiger partial charge is 0.453 e. The van der Waals surface area contributed by atoms with Crippen LogP contribution in [0.2, 0.25) is 0 Å². The number of hydrogen-bond acceptors (Lipinski definition) is 4. The fraction of sp³-hybridized carbons (Fsp3) is 0.364. The van der Waals surface area contributed by atoms with Crippen LogP contribution < -0.4 is 10.6 Å². The number of nitrogens with zero attached hydrogens (tertiary/aromatic N) is 2. The molecule has 0 aromatic heterocycles. The van der Waals surface area contributed by atoms with Crippen LogP contribution in [0, 0.1) is 6.92 Å². The topological polar surface area (TPSA) is 75.2 Å². The monoisotopic (exact) mass is 524 g/mol.